The minimum atomic E-state index is -0.802. The largest absolute Gasteiger partial charge is 0.462 e. The third kappa shape index (κ3) is 61.8. The van der Waals surface area contributed by atoms with Gasteiger partial charge in [0.1, 0.15) is 13.2 Å². The maximum atomic E-state index is 12.9. The van der Waals surface area contributed by atoms with Gasteiger partial charge in [-0.05, 0) is 70.6 Å². The van der Waals surface area contributed by atoms with Crippen LogP contribution in [-0.2, 0) is 28.6 Å². The van der Waals surface area contributed by atoms with Crippen molar-refractivity contribution < 1.29 is 28.6 Å². The molecular formula is C69H124O6. The van der Waals surface area contributed by atoms with Gasteiger partial charge in [-0.3, -0.25) is 14.4 Å². The van der Waals surface area contributed by atoms with Crippen LogP contribution < -0.4 is 0 Å². The molecule has 6 heteroatoms. The van der Waals surface area contributed by atoms with Gasteiger partial charge in [0, 0.05) is 19.3 Å². The third-order valence-corrected chi connectivity index (χ3v) is 14.5. The molecule has 1 atom stereocenters. The molecule has 0 bridgehead atoms. The Morgan fingerprint density at radius 3 is 0.893 bits per heavy atom. The lowest BCUT2D eigenvalue weighted by Gasteiger charge is -2.18. The molecule has 0 aromatic heterocycles. The maximum absolute atomic E-state index is 12.9. The van der Waals surface area contributed by atoms with Gasteiger partial charge in [-0.15, -0.1) is 0 Å². The van der Waals surface area contributed by atoms with E-state index in [1.54, 1.807) is 0 Å². The summed E-state index contributed by atoms with van der Waals surface area (Å²) in [6, 6.07) is 0. The average molecular weight is 1050 g/mol. The predicted molar refractivity (Wildman–Crippen MR) is 325 cm³/mol. The Labute approximate surface area is 466 Å². The average Bonchev–Trinajstić information content (AvgIpc) is 3.41. The quantitative estimate of drug-likeness (QED) is 0.0261. The first-order chi connectivity index (χ1) is 37.0. The molecule has 0 aromatic carbocycles. The zero-order valence-electron chi connectivity index (χ0n) is 50.1. The van der Waals surface area contributed by atoms with Gasteiger partial charge < -0.3 is 14.2 Å². The number of rotatable bonds is 60. The summed E-state index contributed by atoms with van der Waals surface area (Å²) < 4.78 is 16.9. The summed E-state index contributed by atoms with van der Waals surface area (Å²) in [5.41, 5.74) is 0. The van der Waals surface area contributed by atoms with Gasteiger partial charge in [0.05, 0.1) is 0 Å². The molecule has 0 radical (unpaired) electrons. The van der Waals surface area contributed by atoms with Gasteiger partial charge in [-0.25, -0.2) is 0 Å². The lowest BCUT2D eigenvalue weighted by molar-refractivity contribution is -0.166. The lowest BCUT2D eigenvalue weighted by atomic mass is 10.0. The number of esters is 3. The summed E-state index contributed by atoms with van der Waals surface area (Å²) in [5, 5.41) is 0. The first-order valence-corrected chi connectivity index (χ1v) is 32.8. The molecule has 436 valence electrons. The van der Waals surface area contributed by atoms with Crippen LogP contribution >= 0.6 is 0 Å². The van der Waals surface area contributed by atoms with Crippen molar-refractivity contribution in [1.82, 2.24) is 0 Å². The number of hydrogen-bond donors (Lipinski definition) is 0. The van der Waals surface area contributed by atoms with E-state index in [9.17, 15) is 14.4 Å². The van der Waals surface area contributed by atoms with Crippen molar-refractivity contribution in [2.75, 3.05) is 13.2 Å². The van der Waals surface area contributed by atoms with Crippen LogP contribution in [-0.4, -0.2) is 37.2 Å². The van der Waals surface area contributed by atoms with Crippen LogP contribution in [0.4, 0.5) is 0 Å². The zero-order chi connectivity index (χ0) is 54.3. The molecule has 0 aliphatic carbocycles. The minimum Gasteiger partial charge on any atom is -0.462 e. The van der Waals surface area contributed by atoms with Crippen molar-refractivity contribution in [3.63, 3.8) is 0 Å². The van der Waals surface area contributed by atoms with Crippen LogP contribution in [0.2, 0.25) is 0 Å². The summed E-state index contributed by atoms with van der Waals surface area (Å²) in [6.07, 6.45) is 81.1. The summed E-state index contributed by atoms with van der Waals surface area (Å²) >= 11 is 0. The molecule has 0 N–H and O–H groups in total. The van der Waals surface area contributed by atoms with Gasteiger partial charge >= 0.3 is 17.9 Å². The van der Waals surface area contributed by atoms with Crippen LogP contribution in [0.25, 0.3) is 0 Å². The second-order valence-electron chi connectivity index (χ2n) is 22.0. The number of allylic oxidation sites excluding steroid dienone is 10. The Kier molecular flexibility index (Phi) is 61.2. The van der Waals surface area contributed by atoms with Crippen LogP contribution in [0.5, 0.6) is 0 Å². The first-order valence-electron chi connectivity index (χ1n) is 32.8. The number of ether oxygens (including phenoxy) is 3. The van der Waals surface area contributed by atoms with E-state index in [2.05, 4.69) is 75.5 Å². The summed E-state index contributed by atoms with van der Waals surface area (Å²) in [7, 11) is 0. The highest BCUT2D eigenvalue weighted by Gasteiger charge is 2.19. The molecule has 0 saturated carbocycles. The van der Waals surface area contributed by atoms with Crippen LogP contribution in [0.15, 0.2) is 60.8 Å². The molecule has 0 heterocycles. The number of carbonyl (C=O) groups excluding carboxylic acids is 3. The highest BCUT2D eigenvalue weighted by atomic mass is 16.6. The van der Waals surface area contributed by atoms with Crippen molar-refractivity contribution in [2.45, 2.75) is 348 Å². The van der Waals surface area contributed by atoms with E-state index in [-0.39, 0.29) is 37.5 Å². The van der Waals surface area contributed by atoms with E-state index < -0.39 is 6.10 Å². The number of hydrogen-bond acceptors (Lipinski definition) is 6. The second kappa shape index (κ2) is 63.6. The molecule has 1 unspecified atom stereocenters. The van der Waals surface area contributed by atoms with Crippen molar-refractivity contribution >= 4 is 17.9 Å². The third-order valence-electron chi connectivity index (χ3n) is 14.5. The molecule has 0 saturated heterocycles. The van der Waals surface area contributed by atoms with Gasteiger partial charge in [0.2, 0.25) is 0 Å². The van der Waals surface area contributed by atoms with Crippen molar-refractivity contribution in [1.29, 1.82) is 0 Å². The normalized spacial score (nSPS) is 12.4. The van der Waals surface area contributed by atoms with E-state index in [0.29, 0.717) is 19.3 Å². The summed E-state index contributed by atoms with van der Waals surface area (Å²) in [6.45, 7) is 6.51. The fourth-order valence-electron chi connectivity index (χ4n) is 9.63. The molecule has 0 aliphatic rings. The van der Waals surface area contributed by atoms with E-state index in [4.69, 9.17) is 14.2 Å². The first kappa shape index (κ1) is 72.1. The highest BCUT2D eigenvalue weighted by Crippen LogP contribution is 2.18. The fourth-order valence-corrected chi connectivity index (χ4v) is 9.63. The molecule has 0 spiro atoms. The monoisotopic (exact) mass is 1050 g/mol. The Morgan fingerprint density at radius 1 is 0.280 bits per heavy atom. The Bertz CT molecular complexity index is 1340. The molecule has 0 aliphatic heterocycles. The van der Waals surface area contributed by atoms with E-state index >= 15 is 0 Å². The predicted octanol–water partition coefficient (Wildman–Crippen LogP) is 22.3. The molecule has 0 fully saturated rings. The van der Waals surface area contributed by atoms with Crippen LogP contribution in [0.3, 0.4) is 0 Å². The Hall–Kier alpha value is -2.89. The summed E-state index contributed by atoms with van der Waals surface area (Å²) in [4.78, 5) is 38.3. The SMILES string of the molecule is CC/C=C\C/C=C\C/C=C\C/C=C\CCC(=O)OCC(COC(=O)CCCCCCCCCCCCC/C=C\CCCCCCCCCC)OC(=O)CCCCCCCCCCCCCCCCCCCCCCC. The maximum Gasteiger partial charge on any atom is 0.306 e. The lowest BCUT2D eigenvalue weighted by Crippen LogP contribution is -2.30. The van der Waals surface area contributed by atoms with Gasteiger partial charge in [0.25, 0.3) is 0 Å². The smallest absolute Gasteiger partial charge is 0.306 e. The second-order valence-corrected chi connectivity index (χ2v) is 22.0. The molecule has 75 heavy (non-hydrogen) atoms. The van der Waals surface area contributed by atoms with E-state index in [1.165, 1.54) is 231 Å². The Morgan fingerprint density at radius 2 is 0.547 bits per heavy atom. The summed E-state index contributed by atoms with van der Waals surface area (Å²) in [5.74, 6) is -0.959. The number of unbranched alkanes of at least 4 members (excludes halogenated alkanes) is 39. The molecule has 0 rings (SSSR count). The molecule has 6 nitrogen and oxygen atoms in total. The fraction of sp³-hybridized carbons (Fsp3) is 0.812. The molecule has 0 aromatic rings. The van der Waals surface area contributed by atoms with E-state index in [1.807, 2.05) is 6.08 Å². The van der Waals surface area contributed by atoms with E-state index in [0.717, 1.165) is 64.2 Å². The standard InChI is InChI=1S/C69H124O6/c1-4-7-10-13-16-19-22-25-27-29-31-33-34-36-37-39-41-44-47-50-53-56-59-62-68(71)74-65-66(64-73-67(70)61-58-55-52-49-46-43-24-21-18-15-12-9-6-3)75-69(72)63-60-57-54-51-48-45-42-40-38-35-32-30-28-26-23-20-17-14-11-8-5-2/h9,12,18,21,29,31,43,46,52,55,66H,4-8,10-11,13-17,19-20,22-28,30,32-42,44-45,47-51,53-54,56-65H2,1-3H3/b12-9-,21-18-,31-29-,46-43-,55-52-. The van der Waals surface area contributed by atoms with Gasteiger partial charge in [-0.2, -0.15) is 0 Å². The van der Waals surface area contributed by atoms with Crippen molar-refractivity contribution in [3.8, 4) is 0 Å². The highest BCUT2D eigenvalue weighted by molar-refractivity contribution is 5.71. The van der Waals surface area contributed by atoms with Crippen molar-refractivity contribution in [2.24, 2.45) is 0 Å². The molecule has 0 amide bonds. The van der Waals surface area contributed by atoms with Crippen LogP contribution in [0, 0.1) is 0 Å². The number of carbonyl (C=O) groups is 3. The Balaban J connectivity index is 4.31. The topological polar surface area (TPSA) is 78.9 Å². The van der Waals surface area contributed by atoms with Crippen molar-refractivity contribution in [3.05, 3.63) is 60.8 Å². The minimum absolute atomic E-state index is 0.0932. The molecular weight excluding hydrogens is 925 g/mol. The van der Waals surface area contributed by atoms with Crippen LogP contribution in [0.1, 0.15) is 342 Å². The van der Waals surface area contributed by atoms with Gasteiger partial charge in [-0.1, -0.05) is 313 Å². The van der Waals surface area contributed by atoms with Gasteiger partial charge in [0.15, 0.2) is 6.10 Å². The zero-order valence-corrected chi connectivity index (χ0v) is 50.1.